The molecular formula is C11H16ClNO2S. The summed E-state index contributed by atoms with van der Waals surface area (Å²) in [7, 11) is -3.14. The van der Waals surface area contributed by atoms with Crippen molar-refractivity contribution in [2.24, 2.45) is 5.73 Å². The largest absolute Gasteiger partial charge is 0.323 e. The Morgan fingerprint density at radius 2 is 2.06 bits per heavy atom. The SMILES string of the molecule is CC[C@H]([C@@H](N)c1cccc(Cl)c1)S(C)(=O)=O. The molecule has 1 aromatic rings. The number of sulfone groups is 1. The number of hydrogen-bond donors (Lipinski definition) is 1. The quantitative estimate of drug-likeness (QED) is 0.904. The van der Waals surface area contributed by atoms with E-state index in [9.17, 15) is 8.42 Å². The van der Waals surface area contributed by atoms with E-state index in [1.54, 1.807) is 24.3 Å². The fourth-order valence-electron chi connectivity index (χ4n) is 1.75. The van der Waals surface area contributed by atoms with Gasteiger partial charge in [-0.1, -0.05) is 30.7 Å². The Balaban J connectivity index is 3.05. The van der Waals surface area contributed by atoms with Crippen molar-refractivity contribution >= 4 is 21.4 Å². The first-order chi connectivity index (χ1) is 7.36. The second-order valence-electron chi connectivity index (χ2n) is 3.86. The van der Waals surface area contributed by atoms with Crippen molar-refractivity contribution in [2.45, 2.75) is 24.6 Å². The minimum Gasteiger partial charge on any atom is -0.323 e. The number of benzene rings is 1. The lowest BCUT2D eigenvalue weighted by atomic mass is 10.0. The minimum absolute atomic E-state index is 0.493. The van der Waals surface area contributed by atoms with Crippen molar-refractivity contribution in [3.05, 3.63) is 34.9 Å². The van der Waals surface area contributed by atoms with Gasteiger partial charge in [0.05, 0.1) is 5.25 Å². The number of rotatable bonds is 4. The summed E-state index contributed by atoms with van der Waals surface area (Å²) in [4.78, 5) is 0. The van der Waals surface area contributed by atoms with Crippen molar-refractivity contribution in [3.8, 4) is 0 Å². The fraction of sp³-hybridized carbons (Fsp3) is 0.455. The van der Waals surface area contributed by atoms with E-state index in [-0.39, 0.29) is 0 Å². The molecule has 2 atom stereocenters. The molecule has 90 valence electrons. The summed E-state index contributed by atoms with van der Waals surface area (Å²) in [5, 5.41) is 0.00210. The highest BCUT2D eigenvalue weighted by atomic mass is 35.5. The molecule has 16 heavy (non-hydrogen) atoms. The highest BCUT2D eigenvalue weighted by Crippen LogP contribution is 2.24. The lowest BCUT2D eigenvalue weighted by Gasteiger charge is -2.21. The van der Waals surface area contributed by atoms with Gasteiger partial charge in [0.15, 0.2) is 9.84 Å². The van der Waals surface area contributed by atoms with Gasteiger partial charge in [0.25, 0.3) is 0 Å². The first-order valence-electron chi connectivity index (χ1n) is 5.06. The smallest absolute Gasteiger partial charge is 0.152 e. The standard InChI is InChI=1S/C11H16ClNO2S/c1-3-10(16(2,14)15)11(13)8-5-4-6-9(12)7-8/h4-7,10-11H,3,13H2,1-2H3/t10-,11+/m1/s1. The predicted molar refractivity (Wildman–Crippen MR) is 67.3 cm³/mol. The lowest BCUT2D eigenvalue weighted by Crippen LogP contribution is -2.32. The molecule has 0 aromatic heterocycles. The monoisotopic (exact) mass is 261 g/mol. The van der Waals surface area contributed by atoms with E-state index in [1.165, 1.54) is 6.26 Å². The molecule has 0 heterocycles. The molecule has 0 saturated carbocycles. The van der Waals surface area contributed by atoms with Gasteiger partial charge < -0.3 is 5.73 Å². The third-order valence-electron chi connectivity index (χ3n) is 2.59. The number of halogens is 1. The molecule has 0 aliphatic heterocycles. The van der Waals surface area contributed by atoms with E-state index in [4.69, 9.17) is 17.3 Å². The van der Waals surface area contributed by atoms with Crippen LogP contribution in [0.25, 0.3) is 0 Å². The normalized spacial score (nSPS) is 15.8. The molecule has 1 rings (SSSR count). The first kappa shape index (κ1) is 13.5. The maximum absolute atomic E-state index is 11.5. The van der Waals surface area contributed by atoms with Gasteiger partial charge in [-0.2, -0.15) is 0 Å². The number of hydrogen-bond acceptors (Lipinski definition) is 3. The molecule has 0 aliphatic rings. The zero-order valence-electron chi connectivity index (χ0n) is 9.35. The average molecular weight is 262 g/mol. The van der Waals surface area contributed by atoms with E-state index in [0.717, 1.165) is 5.56 Å². The van der Waals surface area contributed by atoms with Crippen LogP contribution < -0.4 is 5.73 Å². The second kappa shape index (κ2) is 5.17. The predicted octanol–water partition coefficient (Wildman–Crippen LogP) is 2.16. The molecular weight excluding hydrogens is 246 g/mol. The van der Waals surface area contributed by atoms with Crippen molar-refractivity contribution < 1.29 is 8.42 Å². The van der Waals surface area contributed by atoms with Gasteiger partial charge in [-0.05, 0) is 24.1 Å². The molecule has 0 spiro atoms. The molecule has 0 aliphatic carbocycles. The Labute approximate surface area is 102 Å². The summed E-state index contributed by atoms with van der Waals surface area (Å²) in [6.45, 7) is 1.82. The third kappa shape index (κ3) is 3.20. The first-order valence-corrected chi connectivity index (χ1v) is 7.39. The summed E-state index contributed by atoms with van der Waals surface area (Å²) in [6.07, 6.45) is 1.71. The van der Waals surface area contributed by atoms with Gasteiger partial charge in [-0.15, -0.1) is 0 Å². The molecule has 0 fully saturated rings. The highest BCUT2D eigenvalue weighted by Gasteiger charge is 2.27. The van der Waals surface area contributed by atoms with Crippen LogP contribution in [0.4, 0.5) is 0 Å². The average Bonchev–Trinajstić information content (AvgIpc) is 2.16. The Hall–Kier alpha value is -0.580. The lowest BCUT2D eigenvalue weighted by molar-refractivity contribution is 0.553. The van der Waals surface area contributed by atoms with Crippen LogP contribution in [-0.2, 0) is 9.84 Å². The van der Waals surface area contributed by atoms with E-state index < -0.39 is 21.1 Å². The van der Waals surface area contributed by atoms with Crippen LogP contribution in [0.1, 0.15) is 24.9 Å². The second-order valence-corrected chi connectivity index (χ2v) is 6.56. The van der Waals surface area contributed by atoms with Crippen molar-refractivity contribution in [2.75, 3.05) is 6.26 Å². The van der Waals surface area contributed by atoms with E-state index >= 15 is 0 Å². The molecule has 2 N–H and O–H groups in total. The van der Waals surface area contributed by atoms with E-state index in [1.807, 2.05) is 6.92 Å². The number of nitrogens with two attached hydrogens (primary N) is 1. The van der Waals surface area contributed by atoms with Crippen molar-refractivity contribution in [1.29, 1.82) is 0 Å². The summed E-state index contributed by atoms with van der Waals surface area (Å²) in [6, 6.07) is 6.48. The van der Waals surface area contributed by atoms with Crippen LogP contribution in [0.15, 0.2) is 24.3 Å². The minimum atomic E-state index is -3.14. The van der Waals surface area contributed by atoms with Crippen LogP contribution in [0.5, 0.6) is 0 Å². The fourth-order valence-corrected chi connectivity index (χ4v) is 3.25. The third-order valence-corrected chi connectivity index (χ3v) is 4.55. The van der Waals surface area contributed by atoms with Gasteiger partial charge in [0.2, 0.25) is 0 Å². The van der Waals surface area contributed by atoms with Gasteiger partial charge in [0, 0.05) is 17.3 Å². The van der Waals surface area contributed by atoms with Crippen LogP contribution in [0.2, 0.25) is 5.02 Å². The van der Waals surface area contributed by atoms with E-state index in [2.05, 4.69) is 0 Å². The maximum Gasteiger partial charge on any atom is 0.152 e. The summed E-state index contributed by atoms with van der Waals surface area (Å²) < 4.78 is 23.1. The molecule has 0 radical (unpaired) electrons. The van der Waals surface area contributed by atoms with Crippen molar-refractivity contribution in [1.82, 2.24) is 0 Å². The summed E-state index contributed by atoms with van der Waals surface area (Å²) >= 11 is 5.85. The molecule has 0 unspecified atom stereocenters. The Kier molecular flexibility index (Phi) is 4.35. The van der Waals surface area contributed by atoms with E-state index in [0.29, 0.717) is 11.4 Å². The Morgan fingerprint density at radius 3 is 2.50 bits per heavy atom. The Morgan fingerprint density at radius 1 is 1.44 bits per heavy atom. The maximum atomic E-state index is 11.5. The van der Waals surface area contributed by atoms with Crippen LogP contribution in [0.3, 0.4) is 0 Å². The van der Waals surface area contributed by atoms with Crippen molar-refractivity contribution in [3.63, 3.8) is 0 Å². The molecule has 0 amide bonds. The summed E-state index contributed by atoms with van der Waals surface area (Å²) in [5.74, 6) is 0. The van der Waals surface area contributed by atoms with Gasteiger partial charge in [-0.3, -0.25) is 0 Å². The zero-order chi connectivity index (χ0) is 12.3. The van der Waals surface area contributed by atoms with Crippen LogP contribution in [0, 0.1) is 0 Å². The Bertz CT molecular complexity index is 459. The zero-order valence-corrected chi connectivity index (χ0v) is 10.9. The van der Waals surface area contributed by atoms with Gasteiger partial charge in [0.1, 0.15) is 0 Å². The van der Waals surface area contributed by atoms with Gasteiger partial charge in [-0.25, -0.2) is 8.42 Å². The van der Waals surface area contributed by atoms with Crippen LogP contribution in [-0.4, -0.2) is 19.9 Å². The van der Waals surface area contributed by atoms with Crippen LogP contribution >= 0.6 is 11.6 Å². The topological polar surface area (TPSA) is 60.2 Å². The molecule has 1 aromatic carbocycles. The summed E-state index contributed by atoms with van der Waals surface area (Å²) in [5.41, 5.74) is 6.72. The molecule has 3 nitrogen and oxygen atoms in total. The molecule has 0 bridgehead atoms. The van der Waals surface area contributed by atoms with Gasteiger partial charge >= 0.3 is 0 Å². The molecule has 5 heteroatoms. The highest BCUT2D eigenvalue weighted by molar-refractivity contribution is 7.91. The molecule has 0 saturated heterocycles.